The van der Waals surface area contributed by atoms with Crippen LogP contribution in [0.3, 0.4) is 0 Å². The summed E-state index contributed by atoms with van der Waals surface area (Å²) in [4.78, 5) is 28.8. The number of ether oxygens (including phenoxy) is 1. The molecule has 0 aliphatic carbocycles. The summed E-state index contributed by atoms with van der Waals surface area (Å²) in [5.41, 5.74) is 1.48. The van der Waals surface area contributed by atoms with Crippen LogP contribution >= 0.6 is 0 Å². The van der Waals surface area contributed by atoms with E-state index in [1.54, 1.807) is 17.2 Å². The molecule has 0 unspecified atom stereocenters. The van der Waals surface area contributed by atoms with E-state index in [9.17, 15) is 9.59 Å². The van der Waals surface area contributed by atoms with E-state index in [1.807, 2.05) is 13.8 Å². The summed E-state index contributed by atoms with van der Waals surface area (Å²) in [6.45, 7) is 4.66. The highest BCUT2D eigenvalue weighted by Crippen LogP contribution is 2.06. The van der Waals surface area contributed by atoms with E-state index in [4.69, 9.17) is 0 Å². The van der Waals surface area contributed by atoms with Crippen LogP contribution in [-0.2, 0) is 9.53 Å². The number of carbonyl (C=O) groups is 2. The first-order chi connectivity index (χ1) is 8.58. The van der Waals surface area contributed by atoms with Crippen molar-refractivity contribution in [2.75, 3.05) is 20.2 Å². The molecule has 0 atom stereocenters. The summed E-state index contributed by atoms with van der Waals surface area (Å²) < 4.78 is 4.56. The zero-order chi connectivity index (χ0) is 13.5. The van der Waals surface area contributed by atoms with Crippen LogP contribution in [0.15, 0.2) is 18.5 Å². The highest BCUT2D eigenvalue weighted by Gasteiger charge is 2.15. The van der Waals surface area contributed by atoms with E-state index in [0.717, 1.165) is 5.56 Å². The third kappa shape index (κ3) is 3.84. The third-order valence-electron chi connectivity index (χ3n) is 2.60. The van der Waals surface area contributed by atoms with Crippen molar-refractivity contribution in [1.82, 2.24) is 9.88 Å². The summed E-state index contributed by atoms with van der Waals surface area (Å²) >= 11 is 0. The predicted molar refractivity (Wildman–Crippen MR) is 67.2 cm³/mol. The average molecular weight is 250 g/mol. The van der Waals surface area contributed by atoms with Gasteiger partial charge in [-0.3, -0.25) is 14.6 Å². The molecular formula is C13H18N2O3. The van der Waals surface area contributed by atoms with Crippen molar-refractivity contribution < 1.29 is 14.3 Å². The van der Waals surface area contributed by atoms with Crippen LogP contribution in [-0.4, -0.2) is 42.0 Å². The Kier molecular flexibility index (Phi) is 5.30. The van der Waals surface area contributed by atoms with Gasteiger partial charge in [0.1, 0.15) is 0 Å². The number of aryl methyl sites for hydroxylation is 1. The van der Waals surface area contributed by atoms with Crippen LogP contribution in [0.25, 0.3) is 0 Å². The molecule has 1 heterocycles. The van der Waals surface area contributed by atoms with Gasteiger partial charge in [-0.05, 0) is 25.5 Å². The highest BCUT2D eigenvalue weighted by molar-refractivity contribution is 5.94. The maximum atomic E-state index is 12.2. The lowest BCUT2D eigenvalue weighted by molar-refractivity contribution is -0.140. The second-order valence-corrected chi connectivity index (χ2v) is 3.96. The van der Waals surface area contributed by atoms with Gasteiger partial charge in [-0.15, -0.1) is 0 Å². The molecule has 1 rings (SSSR count). The number of methoxy groups -OCH3 is 1. The van der Waals surface area contributed by atoms with Crippen molar-refractivity contribution in [3.63, 3.8) is 0 Å². The quantitative estimate of drug-likeness (QED) is 0.741. The minimum absolute atomic E-state index is 0.113. The molecule has 0 bridgehead atoms. The Labute approximate surface area is 107 Å². The molecule has 1 aromatic rings. The molecule has 5 nitrogen and oxygen atoms in total. The van der Waals surface area contributed by atoms with Crippen LogP contribution < -0.4 is 0 Å². The van der Waals surface area contributed by atoms with Crippen LogP contribution in [0.1, 0.15) is 29.3 Å². The van der Waals surface area contributed by atoms with Gasteiger partial charge in [-0.1, -0.05) is 0 Å². The second-order valence-electron chi connectivity index (χ2n) is 3.96. The topological polar surface area (TPSA) is 59.5 Å². The van der Waals surface area contributed by atoms with E-state index in [1.165, 1.54) is 13.3 Å². The van der Waals surface area contributed by atoms with Gasteiger partial charge in [0.15, 0.2) is 0 Å². The van der Waals surface area contributed by atoms with Crippen molar-refractivity contribution in [3.05, 3.63) is 29.6 Å². The van der Waals surface area contributed by atoms with Gasteiger partial charge >= 0.3 is 5.97 Å². The number of hydrogen-bond donors (Lipinski definition) is 0. The van der Waals surface area contributed by atoms with Crippen molar-refractivity contribution in [3.8, 4) is 0 Å². The number of nitrogens with zero attached hydrogens (tertiary/aromatic N) is 2. The summed E-state index contributed by atoms with van der Waals surface area (Å²) in [6, 6.07) is 1.79. The zero-order valence-electron chi connectivity index (χ0n) is 11.0. The fourth-order valence-corrected chi connectivity index (χ4v) is 1.59. The van der Waals surface area contributed by atoms with Crippen LogP contribution in [0.5, 0.6) is 0 Å². The van der Waals surface area contributed by atoms with Gasteiger partial charge in [0.05, 0.1) is 19.1 Å². The molecule has 0 N–H and O–H groups in total. The molecule has 0 aliphatic heterocycles. The molecule has 1 aromatic heterocycles. The van der Waals surface area contributed by atoms with E-state index >= 15 is 0 Å². The van der Waals surface area contributed by atoms with E-state index in [-0.39, 0.29) is 18.3 Å². The van der Waals surface area contributed by atoms with E-state index < -0.39 is 0 Å². The summed E-state index contributed by atoms with van der Waals surface area (Å²) in [5.74, 6) is -0.429. The summed E-state index contributed by atoms with van der Waals surface area (Å²) in [5, 5.41) is 0. The molecule has 0 fully saturated rings. The Bertz CT molecular complexity index is 432. The SMILES string of the molecule is CCN(CCC(=O)OC)C(=O)c1cncc(C)c1. The zero-order valence-corrected chi connectivity index (χ0v) is 11.0. The Morgan fingerprint density at radius 3 is 2.67 bits per heavy atom. The Hall–Kier alpha value is -1.91. The van der Waals surface area contributed by atoms with Crippen LogP contribution in [0.2, 0.25) is 0 Å². The standard InChI is InChI=1S/C13H18N2O3/c1-4-15(6-5-12(16)18-3)13(17)11-7-10(2)8-14-9-11/h7-9H,4-6H2,1-3H3. The van der Waals surface area contributed by atoms with Crippen molar-refractivity contribution in [2.45, 2.75) is 20.3 Å². The minimum atomic E-state index is -0.316. The van der Waals surface area contributed by atoms with Crippen molar-refractivity contribution in [1.29, 1.82) is 0 Å². The van der Waals surface area contributed by atoms with E-state index in [0.29, 0.717) is 18.7 Å². The fourth-order valence-electron chi connectivity index (χ4n) is 1.59. The average Bonchev–Trinajstić information content (AvgIpc) is 2.38. The smallest absolute Gasteiger partial charge is 0.307 e. The maximum absolute atomic E-state index is 12.2. The third-order valence-corrected chi connectivity index (χ3v) is 2.60. The van der Waals surface area contributed by atoms with Gasteiger partial charge in [0.2, 0.25) is 0 Å². The first-order valence-electron chi connectivity index (χ1n) is 5.86. The highest BCUT2D eigenvalue weighted by atomic mass is 16.5. The molecule has 0 saturated heterocycles. The van der Waals surface area contributed by atoms with Gasteiger partial charge in [0, 0.05) is 25.5 Å². The molecule has 0 radical (unpaired) electrons. The molecule has 1 amide bonds. The molecule has 98 valence electrons. The number of pyridine rings is 1. The minimum Gasteiger partial charge on any atom is -0.469 e. The Morgan fingerprint density at radius 2 is 2.11 bits per heavy atom. The van der Waals surface area contributed by atoms with Gasteiger partial charge in [0.25, 0.3) is 5.91 Å². The molecular weight excluding hydrogens is 232 g/mol. The van der Waals surface area contributed by atoms with E-state index in [2.05, 4.69) is 9.72 Å². The summed E-state index contributed by atoms with van der Waals surface area (Å²) in [6.07, 6.45) is 3.44. The molecule has 0 aromatic carbocycles. The normalized spacial score (nSPS) is 9.94. The van der Waals surface area contributed by atoms with Crippen molar-refractivity contribution in [2.24, 2.45) is 0 Å². The lowest BCUT2D eigenvalue weighted by atomic mass is 10.2. The Morgan fingerprint density at radius 1 is 1.39 bits per heavy atom. The molecule has 0 aliphatic rings. The molecule has 18 heavy (non-hydrogen) atoms. The van der Waals surface area contributed by atoms with Gasteiger partial charge < -0.3 is 9.64 Å². The number of carbonyl (C=O) groups excluding carboxylic acids is 2. The number of esters is 1. The number of hydrogen-bond acceptors (Lipinski definition) is 4. The van der Waals surface area contributed by atoms with Crippen LogP contribution in [0.4, 0.5) is 0 Å². The lowest BCUT2D eigenvalue weighted by Gasteiger charge is -2.20. The summed E-state index contributed by atoms with van der Waals surface area (Å²) in [7, 11) is 1.34. The van der Waals surface area contributed by atoms with Crippen LogP contribution in [0, 0.1) is 6.92 Å². The maximum Gasteiger partial charge on any atom is 0.307 e. The monoisotopic (exact) mass is 250 g/mol. The number of amides is 1. The van der Waals surface area contributed by atoms with Gasteiger partial charge in [-0.2, -0.15) is 0 Å². The molecule has 0 spiro atoms. The fraction of sp³-hybridized carbons (Fsp3) is 0.462. The predicted octanol–water partition coefficient (Wildman–Crippen LogP) is 1.42. The van der Waals surface area contributed by atoms with Gasteiger partial charge in [-0.25, -0.2) is 0 Å². The first-order valence-corrected chi connectivity index (χ1v) is 5.86. The second kappa shape index (κ2) is 6.74. The molecule has 5 heteroatoms. The Balaban J connectivity index is 2.70. The number of aromatic nitrogens is 1. The van der Waals surface area contributed by atoms with Crippen molar-refractivity contribution >= 4 is 11.9 Å². The lowest BCUT2D eigenvalue weighted by Crippen LogP contribution is -2.33. The first kappa shape index (κ1) is 14.2. The number of rotatable bonds is 5. The molecule has 0 saturated carbocycles. The largest absolute Gasteiger partial charge is 0.469 e.